The number of benzene rings is 3. The van der Waals surface area contributed by atoms with Gasteiger partial charge >= 0.3 is 5.97 Å². The zero-order valence-corrected chi connectivity index (χ0v) is 20.1. The maximum atomic E-state index is 13.0. The number of para-hydroxylation sites is 1. The van der Waals surface area contributed by atoms with E-state index in [0.29, 0.717) is 49.3 Å². The number of halogens is 1. The van der Waals surface area contributed by atoms with Crippen molar-refractivity contribution in [3.63, 3.8) is 0 Å². The Morgan fingerprint density at radius 3 is 2.58 bits per heavy atom. The Bertz CT molecular complexity index is 1410. The summed E-state index contributed by atoms with van der Waals surface area (Å²) in [4.78, 5) is 30.0. The highest BCUT2D eigenvalue weighted by Crippen LogP contribution is 2.34. The van der Waals surface area contributed by atoms with Crippen molar-refractivity contribution in [1.82, 2.24) is 9.66 Å². The van der Waals surface area contributed by atoms with Crippen LogP contribution in [0.1, 0.15) is 28.7 Å². The van der Waals surface area contributed by atoms with Crippen molar-refractivity contribution >= 4 is 45.7 Å². The molecular formula is C25H20IN3O4. The molecule has 8 heteroatoms. The van der Waals surface area contributed by atoms with Crippen molar-refractivity contribution < 1.29 is 14.3 Å². The molecule has 0 aliphatic carbocycles. The molecule has 0 N–H and O–H groups in total. The lowest BCUT2D eigenvalue weighted by Gasteiger charge is -2.12. The van der Waals surface area contributed by atoms with Crippen LogP contribution in [0.15, 0.2) is 76.6 Å². The molecule has 166 valence electrons. The van der Waals surface area contributed by atoms with Gasteiger partial charge in [0, 0.05) is 6.42 Å². The van der Waals surface area contributed by atoms with Gasteiger partial charge in [-0.25, -0.2) is 9.78 Å². The third-order valence-electron chi connectivity index (χ3n) is 4.92. The second kappa shape index (κ2) is 9.95. The van der Waals surface area contributed by atoms with Crippen molar-refractivity contribution in [2.24, 2.45) is 5.10 Å². The predicted molar refractivity (Wildman–Crippen MR) is 135 cm³/mol. The average molecular weight is 553 g/mol. The van der Waals surface area contributed by atoms with Crippen LogP contribution in [0.4, 0.5) is 0 Å². The topological polar surface area (TPSA) is 82.8 Å². The summed E-state index contributed by atoms with van der Waals surface area (Å²) in [5.41, 5.74) is 1.53. The van der Waals surface area contributed by atoms with Crippen LogP contribution in [0.3, 0.4) is 0 Å². The van der Waals surface area contributed by atoms with Gasteiger partial charge in [-0.05, 0) is 64.6 Å². The van der Waals surface area contributed by atoms with E-state index in [1.54, 1.807) is 54.7 Å². The van der Waals surface area contributed by atoms with Crippen molar-refractivity contribution in [2.45, 2.75) is 13.3 Å². The first-order valence-electron chi connectivity index (χ1n) is 10.2. The van der Waals surface area contributed by atoms with E-state index in [9.17, 15) is 9.59 Å². The molecule has 0 bridgehead atoms. The molecule has 0 unspecified atom stereocenters. The van der Waals surface area contributed by atoms with Gasteiger partial charge in [-0.15, -0.1) is 0 Å². The van der Waals surface area contributed by atoms with E-state index in [1.807, 2.05) is 25.1 Å². The molecule has 0 amide bonds. The number of rotatable bonds is 6. The number of methoxy groups -OCH3 is 1. The fraction of sp³-hybridized carbons (Fsp3) is 0.120. The van der Waals surface area contributed by atoms with Gasteiger partial charge in [-0.1, -0.05) is 37.3 Å². The lowest BCUT2D eigenvalue weighted by Crippen LogP contribution is -2.22. The highest BCUT2D eigenvalue weighted by molar-refractivity contribution is 14.1. The Morgan fingerprint density at radius 2 is 1.85 bits per heavy atom. The summed E-state index contributed by atoms with van der Waals surface area (Å²) < 4.78 is 13.0. The summed E-state index contributed by atoms with van der Waals surface area (Å²) in [5.74, 6) is 0.787. The maximum absolute atomic E-state index is 13.0. The fourth-order valence-corrected chi connectivity index (χ4v) is 4.02. The Hall–Kier alpha value is -3.53. The van der Waals surface area contributed by atoms with Crippen LogP contribution >= 0.6 is 22.6 Å². The minimum absolute atomic E-state index is 0.233. The highest BCUT2D eigenvalue weighted by Gasteiger charge is 2.17. The molecule has 4 rings (SSSR count). The first kappa shape index (κ1) is 22.7. The number of carbonyl (C=O) groups is 1. The first-order chi connectivity index (χ1) is 16.0. The van der Waals surface area contributed by atoms with Gasteiger partial charge in [0.1, 0.15) is 5.82 Å². The molecule has 4 aromatic rings. The molecule has 33 heavy (non-hydrogen) atoms. The summed E-state index contributed by atoms with van der Waals surface area (Å²) >= 11 is 2.07. The standard InChI is InChI=1S/C25H20IN3O4/c1-3-22-28-20-12-8-7-11-18(20)24(30)29(22)27-15-16-13-19(26)23(21(14-16)32-2)33-25(31)17-9-5-4-6-10-17/h4-15H,3H2,1-2H3/b27-15+. The number of nitrogens with zero attached hydrogens (tertiary/aromatic N) is 3. The molecule has 1 aromatic heterocycles. The van der Waals surface area contributed by atoms with Crippen molar-refractivity contribution in [3.8, 4) is 11.5 Å². The van der Waals surface area contributed by atoms with Gasteiger partial charge in [0.05, 0.1) is 33.4 Å². The van der Waals surface area contributed by atoms with E-state index in [4.69, 9.17) is 9.47 Å². The van der Waals surface area contributed by atoms with E-state index < -0.39 is 5.97 Å². The molecule has 3 aromatic carbocycles. The lowest BCUT2D eigenvalue weighted by atomic mass is 10.2. The number of esters is 1. The normalized spacial score (nSPS) is 11.1. The zero-order chi connectivity index (χ0) is 23.4. The first-order valence-corrected chi connectivity index (χ1v) is 11.3. The van der Waals surface area contributed by atoms with Gasteiger partial charge in [0.15, 0.2) is 11.5 Å². The third kappa shape index (κ3) is 4.80. The molecule has 0 radical (unpaired) electrons. The van der Waals surface area contributed by atoms with E-state index in [-0.39, 0.29) is 5.56 Å². The van der Waals surface area contributed by atoms with Gasteiger partial charge in [-0.3, -0.25) is 4.79 Å². The van der Waals surface area contributed by atoms with E-state index in [2.05, 4.69) is 32.7 Å². The predicted octanol–water partition coefficient (Wildman–Crippen LogP) is 4.67. The molecule has 0 saturated heterocycles. The Labute approximate surface area is 203 Å². The lowest BCUT2D eigenvalue weighted by molar-refractivity contribution is 0.0728. The summed E-state index contributed by atoms with van der Waals surface area (Å²) in [5, 5.41) is 4.90. The quantitative estimate of drug-likeness (QED) is 0.150. The molecule has 7 nitrogen and oxygen atoms in total. The van der Waals surface area contributed by atoms with Crippen LogP contribution < -0.4 is 15.0 Å². The highest BCUT2D eigenvalue weighted by atomic mass is 127. The second-order valence-corrected chi connectivity index (χ2v) is 8.21. The molecule has 0 aliphatic rings. The van der Waals surface area contributed by atoms with Gasteiger partial charge in [0.2, 0.25) is 0 Å². The molecule has 0 saturated carbocycles. The number of hydrogen-bond donors (Lipinski definition) is 0. The van der Waals surface area contributed by atoms with Crippen molar-refractivity contribution in [2.75, 3.05) is 7.11 Å². The average Bonchev–Trinajstić information content (AvgIpc) is 2.85. The Morgan fingerprint density at radius 1 is 1.12 bits per heavy atom. The number of carbonyl (C=O) groups excluding carboxylic acids is 1. The van der Waals surface area contributed by atoms with Crippen LogP contribution in [-0.4, -0.2) is 29.0 Å². The molecule has 1 heterocycles. The van der Waals surface area contributed by atoms with Crippen molar-refractivity contribution in [1.29, 1.82) is 0 Å². The van der Waals surface area contributed by atoms with Gasteiger partial charge in [0.25, 0.3) is 5.56 Å². The molecule has 0 atom stereocenters. The third-order valence-corrected chi connectivity index (χ3v) is 5.72. The van der Waals surface area contributed by atoms with Crippen LogP contribution in [0.5, 0.6) is 11.5 Å². The zero-order valence-electron chi connectivity index (χ0n) is 18.0. The van der Waals surface area contributed by atoms with Crippen molar-refractivity contribution in [3.05, 3.63) is 97.6 Å². The molecule has 0 spiro atoms. The number of fused-ring (bicyclic) bond motifs is 1. The largest absolute Gasteiger partial charge is 0.493 e. The minimum Gasteiger partial charge on any atom is -0.493 e. The molecule has 0 fully saturated rings. The SMILES string of the molecule is CCc1nc2ccccc2c(=O)n1/N=C/c1cc(I)c(OC(=O)c2ccccc2)c(OC)c1. The van der Waals surface area contributed by atoms with Crippen LogP contribution in [-0.2, 0) is 6.42 Å². The molecular weight excluding hydrogens is 533 g/mol. The summed E-state index contributed by atoms with van der Waals surface area (Å²) in [7, 11) is 1.50. The summed E-state index contributed by atoms with van der Waals surface area (Å²) in [6.45, 7) is 1.92. The van der Waals surface area contributed by atoms with Crippen LogP contribution in [0.25, 0.3) is 10.9 Å². The number of aryl methyl sites for hydroxylation is 1. The van der Waals surface area contributed by atoms with E-state index in [0.717, 1.165) is 0 Å². The number of ether oxygens (including phenoxy) is 2. The second-order valence-electron chi connectivity index (χ2n) is 7.05. The number of aromatic nitrogens is 2. The van der Waals surface area contributed by atoms with Gasteiger partial charge in [-0.2, -0.15) is 9.78 Å². The van der Waals surface area contributed by atoms with E-state index in [1.165, 1.54) is 11.8 Å². The summed E-state index contributed by atoms with van der Waals surface area (Å²) in [6, 6.07) is 19.4. The summed E-state index contributed by atoms with van der Waals surface area (Å²) in [6.07, 6.45) is 2.11. The molecule has 0 aliphatic heterocycles. The fourth-order valence-electron chi connectivity index (χ4n) is 3.28. The Kier molecular flexibility index (Phi) is 6.83. The smallest absolute Gasteiger partial charge is 0.343 e. The van der Waals surface area contributed by atoms with Gasteiger partial charge < -0.3 is 9.47 Å². The minimum atomic E-state index is -0.477. The monoisotopic (exact) mass is 553 g/mol. The Balaban J connectivity index is 1.68. The number of hydrogen-bond acceptors (Lipinski definition) is 6. The van der Waals surface area contributed by atoms with E-state index >= 15 is 0 Å². The maximum Gasteiger partial charge on any atom is 0.343 e. The van der Waals surface area contributed by atoms with Crippen LogP contribution in [0.2, 0.25) is 0 Å². The van der Waals surface area contributed by atoms with Crippen LogP contribution in [0, 0.1) is 3.57 Å².